The number of hydrogen-bond acceptors (Lipinski definition) is 9. The number of amides is 1. The number of thioether (sulfide) groups is 1. The average Bonchev–Trinajstić information content (AvgIpc) is 3.48. The van der Waals surface area contributed by atoms with Crippen LogP contribution in [0.4, 0.5) is 5.69 Å². The third-order valence-electron chi connectivity index (χ3n) is 4.12. The van der Waals surface area contributed by atoms with E-state index in [2.05, 4.69) is 10.3 Å². The lowest BCUT2D eigenvalue weighted by Gasteiger charge is -2.09. The van der Waals surface area contributed by atoms with Crippen molar-refractivity contribution in [2.45, 2.75) is 5.03 Å². The van der Waals surface area contributed by atoms with Crippen LogP contribution in [0, 0.1) is 0 Å². The summed E-state index contributed by atoms with van der Waals surface area (Å²) in [7, 11) is 0. The Morgan fingerprint density at radius 2 is 2.00 bits per heavy atom. The van der Waals surface area contributed by atoms with Crippen LogP contribution >= 0.6 is 23.1 Å². The number of fused-ring (bicyclic) bond motifs is 1. The first-order valence-electron chi connectivity index (χ1n) is 9.11. The van der Waals surface area contributed by atoms with Crippen molar-refractivity contribution >= 4 is 46.4 Å². The largest absolute Gasteiger partial charge is 0.454 e. The third-order valence-corrected chi connectivity index (χ3v) is 6.03. The zero-order valence-electron chi connectivity index (χ0n) is 16.0. The molecular weight excluding hydrogens is 440 g/mol. The molecule has 1 aromatic carbocycles. The van der Waals surface area contributed by atoms with Crippen molar-refractivity contribution in [3.63, 3.8) is 0 Å². The monoisotopic (exact) mass is 456 g/mol. The third kappa shape index (κ3) is 5.22. The number of carbonyl (C=O) groups is 3. The zero-order valence-corrected chi connectivity index (χ0v) is 17.7. The maximum atomic E-state index is 12.4. The number of aromatic nitrogens is 1. The fourth-order valence-electron chi connectivity index (χ4n) is 2.68. The minimum atomic E-state index is -0.670. The van der Waals surface area contributed by atoms with E-state index in [9.17, 15) is 14.4 Å². The molecule has 0 unspecified atom stereocenters. The van der Waals surface area contributed by atoms with Crippen LogP contribution in [0.1, 0.15) is 20.0 Å². The quantitative estimate of drug-likeness (QED) is 0.311. The molecule has 2 aromatic heterocycles. The van der Waals surface area contributed by atoms with Gasteiger partial charge in [0.2, 0.25) is 18.5 Å². The first-order chi connectivity index (χ1) is 15.1. The van der Waals surface area contributed by atoms with Gasteiger partial charge in [-0.15, -0.1) is 11.3 Å². The van der Waals surface area contributed by atoms with E-state index < -0.39 is 5.97 Å². The Balaban J connectivity index is 1.33. The number of anilines is 1. The molecule has 3 heterocycles. The Morgan fingerprint density at radius 1 is 1.13 bits per heavy atom. The molecule has 1 aliphatic heterocycles. The van der Waals surface area contributed by atoms with Crippen molar-refractivity contribution in [2.24, 2.45) is 0 Å². The number of ketones is 1. The standard InChI is InChI=1S/C21H16N2O6S2/c24-15(18-4-2-8-30-18)10-27-21(26)14-3-1-7-22-20(14)31-11-19(25)23-13-5-6-16-17(9-13)29-12-28-16/h1-9H,10-12H2,(H,23,25). The smallest absolute Gasteiger partial charge is 0.341 e. The van der Waals surface area contributed by atoms with E-state index in [0.29, 0.717) is 27.1 Å². The maximum Gasteiger partial charge on any atom is 0.341 e. The average molecular weight is 457 g/mol. The molecule has 0 saturated heterocycles. The minimum Gasteiger partial charge on any atom is -0.454 e. The van der Waals surface area contributed by atoms with Crippen LogP contribution in [0.15, 0.2) is 59.1 Å². The highest BCUT2D eigenvalue weighted by molar-refractivity contribution is 8.00. The van der Waals surface area contributed by atoms with Gasteiger partial charge in [0.1, 0.15) is 5.03 Å². The van der Waals surface area contributed by atoms with E-state index in [4.69, 9.17) is 14.2 Å². The van der Waals surface area contributed by atoms with E-state index in [1.54, 1.807) is 47.8 Å². The predicted molar refractivity (Wildman–Crippen MR) is 115 cm³/mol. The van der Waals surface area contributed by atoms with E-state index in [0.717, 1.165) is 11.8 Å². The van der Waals surface area contributed by atoms with Gasteiger partial charge in [0.15, 0.2) is 18.1 Å². The van der Waals surface area contributed by atoms with Gasteiger partial charge < -0.3 is 19.5 Å². The van der Waals surface area contributed by atoms with Gasteiger partial charge in [0.25, 0.3) is 0 Å². The minimum absolute atomic E-state index is 0.0276. The second-order valence-electron chi connectivity index (χ2n) is 6.24. The van der Waals surface area contributed by atoms with Gasteiger partial charge in [-0.1, -0.05) is 17.8 Å². The molecule has 0 aliphatic carbocycles. The first kappa shape index (κ1) is 20.9. The van der Waals surface area contributed by atoms with Crippen molar-refractivity contribution in [1.29, 1.82) is 0 Å². The van der Waals surface area contributed by atoms with Crippen LogP contribution in [-0.2, 0) is 9.53 Å². The number of pyridine rings is 1. The highest BCUT2D eigenvalue weighted by Gasteiger charge is 2.18. The van der Waals surface area contributed by atoms with Crippen LogP contribution in [0.3, 0.4) is 0 Å². The van der Waals surface area contributed by atoms with Gasteiger partial charge in [-0.05, 0) is 35.7 Å². The number of esters is 1. The van der Waals surface area contributed by atoms with Crippen LogP contribution in [0.2, 0.25) is 0 Å². The molecule has 3 aromatic rings. The van der Waals surface area contributed by atoms with Crippen molar-refractivity contribution < 1.29 is 28.6 Å². The molecule has 0 bridgehead atoms. The summed E-state index contributed by atoms with van der Waals surface area (Å²) in [4.78, 5) is 41.5. The van der Waals surface area contributed by atoms with Crippen LogP contribution < -0.4 is 14.8 Å². The molecule has 0 saturated carbocycles. The number of rotatable bonds is 8. The highest BCUT2D eigenvalue weighted by atomic mass is 32.2. The Kier molecular flexibility index (Phi) is 6.48. The molecule has 8 nitrogen and oxygen atoms in total. The van der Waals surface area contributed by atoms with E-state index >= 15 is 0 Å². The molecule has 1 aliphatic rings. The summed E-state index contributed by atoms with van der Waals surface area (Å²) in [5, 5.41) is 4.89. The van der Waals surface area contributed by atoms with Gasteiger partial charge in [-0.2, -0.15) is 0 Å². The second kappa shape index (κ2) is 9.63. The molecular formula is C21H16N2O6S2. The van der Waals surface area contributed by atoms with E-state index in [1.807, 2.05) is 0 Å². The van der Waals surface area contributed by atoms with Crippen molar-refractivity contribution in [3.8, 4) is 11.5 Å². The lowest BCUT2D eigenvalue weighted by atomic mass is 10.3. The number of carbonyl (C=O) groups excluding carboxylic acids is 3. The van der Waals surface area contributed by atoms with Gasteiger partial charge in [0, 0.05) is 18.0 Å². The molecule has 0 radical (unpaired) electrons. The highest BCUT2D eigenvalue weighted by Crippen LogP contribution is 2.34. The zero-order chi connectivity index (χ0) is 21.6. The number of Topliss-reactive ketones (excluding diaryl/α,β-unsaturated/α-hetero) is 1. The Hall–Kier alpha value is -3.37. The Labute approximate surface area is 185 Å². The number of nitrogens with zero attached hydrogens (tertiary/aromatic N) is 1. The molecule has 0 spiro atoms. The molecule has 1 N–H and O–H groups in total. The summed E-state index contributed by atoms with van der Waals surface area (Å²) in [6.07, 6.45) is 1.52. The van der Waals surface area contributed by atoms with Crippen molar-refractivity contribution in [1.82, 2.24) is 4.98 Å². The van der Waals surface area contributed by atoms with Crippen LogP contribution in [-0.4, -0.2) is 41.8 Å². The fourth-order valence-corrected chi connectivity index (χ4v) is 4.12. The van der Waals surface area contributed by atoms with Gasteiger partial charge in [-0.25, -0.2) is 9.78 Å². The number of ether oxygens (including phenoxy) is 3. The summed E-state index contributed by atoms with van der Waals surface area (Å²) in [6.45, 7) is -0.205. The maximum absolute atomic E-state index is 12.4. The Bertz CT molecular complexity index is 1120. The topological polar surface area (TPSA) is 104 Å². The van der Waals surface area contributed by atoms with Crippen LogP contribution in [0.25, 0.3) is 0 Å². The first-order valence-corrected chi connectivity index (χ1v) is 11.0. The number of benzene rings is 1. The predicted octanol–water partition coefficient (Wildman–Crippen LogP) is 3.64. The molecule has 0 fully saturated rings. The molecule has 0 atom stereocenters. The summed E-state index contributed by atoms with van der Waals surface area (Å²) >= 11 is 2.38. The number of hydrogen-bond donors (Lipinski definition) is 1. The van der Waals surface area contributed by atoms with Gasteiger partial charge >= 0.3 is 5.97 Å². The lowest BCUT2D eigenvalue weighted by Crippen LogP contribution is -2.16. The van der Waals surface area contributed by atoms with Crippen molar-refractivity contribution in [2.75, 3.05) is 24.5 Å². The van der Waals surface area contributed by atoms with Gasteiger partial charge in [0.05, 0.1) is 16.2 Å². The van der Waals surface area contributed by atoms with Gasteiger partial charge in [-0.3, -0.25) is 9.59 Å². The van der Waals surface area contributed by atoms with Crippen LogP contribution in [0.5, 0.6) is 11.5 Å². The number of nitrogens with one attached hydrogen (secondary N) is 1. The number of thiophene rings is 1. The summed E-state index contributed by atoms with van der Waals surface area (Å²) in [5.41, 5.74) is 0.768. The molecule has 1 amide bonds. The van der Waals surface area contributed by atoms with Crippen molar-refractivity contribution in [3.05, 3.63) is 64.5 Å². The lowest BCUT2D eigenvalue weighted by molar-refractivity contribution is -0.113. The molecule has 10 heteroatoms. The summed E-state index contributed by atoms with van der Waals surface area (Å²) < 4.78 is 15.7. The molecule has 4 rings (SSSR count). The van der Waals surface area contributed by atoms with E-state index in [-0.39, 0.29) is 36.4 Å². The fraction of sp³-hybridized carbons (Fsp3) is 0.143. The normalized spacial score (nSPS) is 11.7. The Morgan fingerprint density at radius 3 is 2.84 bits per heavy atom. The van der Waals surface area contributed by atoms with E-state index in [1.165, 1.54) is 17.5 Å². The summed E-state index contributed by atoms with van der Waals surface area (Å²) in [5.74, 6) is 0.00155. The second-order valence-corrected chi connectivity index (χ2v) is 8.15. The SMILES string of the molecule is O=C(CSc1ncccc1C(=O)OCC(=O)c1cccs1)Nc1ccc2c(c1)OCO2. The molecule has 31 heavy (non-hydrogen) atoms. The molecule has 158 valence electrons. The summed E-state index contributed by atoms with van der Waals surface area (Å²) in [6, 6.07) is 11.7.